The average Bonchev–Trinajstić information content (AvgIpc) is 4.06. The number of imidazole rings is 2. The van der Waals surface area contributed by atoms with Crippen LogP contribution >= 0.6 is 0 Å². The van der Waals surface area contributed by atoms with E-state index in [0.717, 1.165) is 63.4 Å². The van der Waals surface area contributed by atoms with Crippen LogP contribution in [0.2, 0.25) is 0 Å². The number of rotatable bonds is 11. The van der Waals surface area contributed by atoms with Gasteiger partial charge >= 0.3 is 0 Å². The summed E-state index contributed by atoms with van der Waals surface area (Å²) < 4.78 is 6.05. The SMILES string of the molecule is CN(C)C(C(=O)N1CCCC1c1ncc(-c2ccc(-c3ccc(-c4cnc(C5OCCN5C(=O)C(c5ccccc5)N(C)C)[nH]4)cc3)cc2)[nH]1)c1ccccc1. The Kier molecular flexibility index (Phi) is 10.6. The molecule has 2 amide bonds. The zero-order valence-electron chi connectivity index (χ0n) is 32.3. The number of hydrogen-bond acceptors (Lipinski definition) is 7. The number of likely N-dealkylation sites (N-methyl/N-ethyl adjacent to an activating group) is 2. The van der Waals surface area contributed by atoms with Crippen molar-refractivity contribution in [1.29, 1.82) is 0 Å². The van der Waals surface area contributed by atoms with Crippen molar-refractivity contribution in [2.45, 2.75) is 37.2 Å². The summed E-state index contributed by atoms with van der Waals surface area (Å²) in [5, 5.41) is 0. The second-order valence-corrected chi connectivity index (χ2v) is 15.0. The zero-order chi connectivity index (χ0) is 38.8. The molecule has 0 bridgehead atoms. The van der Waals surface area contributed by atoms with Crippen molar-refractivity contribution in [2.75, 3.05) is 47.9 Å². The first-order valence-electron chi connectivity index (χ1n) is 19.2. The van der Waals surface area contributed by atoms with Crippen molar-refractivity contribution < 1.29 is 14.3 Å². The van der Waals surface area contributed by atoms with Crippen LogP contribution in [-0.4, -0.2) is 99.2 Å². The lowest BCUT2D eigenvalue weighted by atomic mass is 10.0. The molecule has 2 aromatic heterocycles. The number of amides is 2. The van der Waals surface area contributed by atoms with E-state index in [1.807, 2.05) is 110 Å². The topological polar surface area (TPSA) is 114 Å². The van der Waals surface area contributed by atoms with Gasteiger partial charge in [-0.25, -0.2) is 9.97 Å². The van der Waals surface area contributed by atoms with Crippen LogP contribution in [0.15, 0.2) is 122 Å². The molecule has 4 atom stereocenters. The summed E-state index contributed by atoms with van der Waals surface area (Å²) in [5.74, 6) is 1.51. The first kappa shape index (κ1) is 37.1. The molecule has 2 saturated heterocycles. The van der Waals surface area contributed by atoms with Crippen LogP contribution in [-0.2, 0) is 14.3 Å². The monoisotopic (exact) mass is 748 g/mol. The largest absolute Gasteiger partial charge is 0.349 e. The van der Waals surface area contributed by atoms with Gasteiger partial charge in [-0.3, -0.25) is 19.4 Å². The molecule has 4 unspecified atom stereocenters. The minimum atomic E-state index is -0.583. The van der Waals surface area contributed by atoms with E-state index in [4.69, 9.17) is 9.72 Å². The van der Waals surface area contributed by atoms with Crippen LogP contribution in [0.3, 0.4) is 0 Å². The number of aromatic nitrogens is 4. The van der Waals surface area contributed by atoms with E-state index in [1.165, 1.54) is 0 Å². The maximum absolute atomic E-state index is 13.9. The van der Waals surface area contributed by atoms with Crippen molar-refractivity contribution in [3.05, 3.63) is 144 Å². The number of nitrogens with zero attached hydrogens (tertiary/aromatic N) is 6. The Hall–Kier alpha value is -5.88. The molecule has 56 heavy (non-hydrogen) atoms. The first-order valence-corrected chi connectivity index (χ1v) is 19.2. The third-order valence-corrected chi connectivity index (χ3v) is 10.9. The number of carbonyl (C=O) groups excluding carboxylic acids is 2. The maximum Gasteiger partial charge on any atom is 0.246 e. The highest BCUT2D eigenvalue weighted by atomic mass is 16.5. The lowest BCUT2D eigenvalue weighted by molar-refractivity contribution is -0.142. The highest BCUT2D eigenvalue weighted by molar-refractivity contribution is 5.84. The van der Waals surface area contributed by atoms with Gasteiger partial charge in [0.1, 0.15) is 17.9 Å². The number of benzene rings is 4. The molecule has 286 valence electrons. The lowest BCUT2D eigenvalue weighted by Gasteiger charge is -2.31. The maximum atomic E-state index is 13.9. The fourth-order valence-electron chi connectivity index (χ4n) is 8.09. The van der Waals surface area contributed by atoms with Gasteiger partial charge in [0.15, 0.2) is 12.1 Å². The van der Waals surface area contributed by atoms with Gasteiger partial charge in [0, 0.05) is 13.1 Å². The molecule has 11 nitrogen and oxygen atoms in total. The standard InChI is InChI=1S/C45H48N8O3/c1-50(2)39(34-12-7-5-8-13-34)43(54)52-25-11-16-38(52)41-46-28-36(48-41)32-21-17-30(18-22-32)31-19-23-33(24-20-31)37-29-47-42(49-37)45-53(26-27-56-45)44(55)40(51(3)4)35-14-9-6-10-15-35/h5-10,12-15,17-24,28-29,38-40,45H,11,16,25-27H2,1-4H3,(H,46,48)(H,47,49). The molecule has 0 saturated carbocycles. The van der Waals surface area contributed by atoms with Crippen LogP contribution in [0.4, 0.5) is 0 Å². The quantitative estimate of drug-likeness (QED) is 0.143. The lowest BCUT2D eigenvalue weighted by Crippen LogP contribution is -2.40. The highest BCUT2D eigenvalue weighted by Gasteiger charge is 2.39. The van der Waals surface area contributed by atoms with Crippen LogP contribution in [0.1, 0.15) is 60.0 Å². The Morgan fingerprint density at radius 1 is 0.625 bits per heavy atom. The number of aromatic amines is 2. The zero-order valence-corrected chi connectivity index (χ0v) is 32.3. The Morgan fingerprint density at radius 2 is 1.09 bits per heavy atom. The summed E-state index contributed by atoms with van der Waals surface area (Å²) in [4.78, 5) is 51.8. The minimum absolute atomic E-state index is 0.0187. The molecule has 2 fully saturated rings. The van der Waals surface area contributed by atoms with Gasteiger partial charge in [-0.2, -0.15) is 0 Å². The molecular weight excluding hydrogens is 701 g/mol. The summed E-state index contributed by atoms with van der Waals surface area (Å²) in [7, 11) is 7.75. The van der Waals surface area contributed by atoms with Crippen molar-refractivity contribution in [3.8, 4) is 33.6 Å². The van der Waals surface area contributed by atoms with Crippen molar-refractivity contribution in [1.82, 2.24) is 39.5 Å². The Bertz CT molecular complexity index is 2090. The van der Waals surface area contributed by atoms with Crippen LogP contribution in [0.25, 0.3) is 33.6 Å². The van der Waals surface area contributed by atoms with Crippen molar-refractivity contribution in [2.24, 2.45) is 0 Å². The smallest absolute Gasteiger partial charge is 0.246 e. The van der Waals surface area contributed by atoms with Gasteiger partial charge in [0.05, 0.1) is 36.4 Å². The van der Waals surface area contributed by atoms with Gasteiger partial charge in [-0.15, -0.1) is 0 Å². The Morgan fingerprint density at radius 3 is 1.61 bits per heavy atom. The van der Waals surface area contributed by atoms with E-state index in [2.05, 4.69) is 63.5 Å². The van der Waals surface area contributed by atoms with Gasteiger partial charge in [-0.1, -0.05) is 109 Å². The molecule has 2 aliphatic rings. The Labute approximate surface area is 328 Å². The van der Waals surface area contributed by atoms with E-state index in [1.54, 1.807) is 11.1 Å². The molecular formula is C45H48N8O3. The molecule has 0 radical (unpaired) electrons. The van der Waals surface area contributed by atoms with E-state index in [9.17, 15) is 9.59 Å². The number of hydrogen-bond donors (Lipinski definition) is 2. The summed E-state index contributed by atoms with van der Waals surface area (Å²) in [6, 6.07) is 35.7. The van der Waals surface area contributed by atoms with E-state index in [-0.39, 0.29) is 23.9 Å². The number of nitrogens with one attached hydrogen (secondary N) is 2. The molecule has 6 aromatic rings. The van der Waals surface area contributed by atoms with Gasteiger partial charge in [0.2, 0.25) is 11.8 Å². The van der Waals surface area contributed by atoms with Crippen LogP contribution < -0.4 is 0 Å². The summed E-state index contributed by atoms with van der Waals surface area (Å²) >= 11 is 0. The Balaban J connectivity index is 0.930. The van der Waals surface area contributed by atoms with Gasteiger partial charge in [-0.05, 0) is 74.4 Å². The second-order valence-electron chi connectivity index (χ2n) is 15.0. The van der Waals surface area contributed by atoms with E-state index in [0.29, 0.717) is 25.5 Å². The molecule has 4 aromatic carbocycles. The predicted octanol–water partition coefficient (Wildman–Crippen LogP) is 7.26. The molecule has 2 N–H and O–H groups in total. The minimum Gasteiger partial charge on any atom is -0.349 e. The van der Waals surface area contributed by atoms with Crippen LogP contribution in [0.5, 0.6) is 0 Å². The van der Waals surface area contributed by atoms with Crippen LogP contribution in [0, 0.1) is 0 Å². The third-order valence-electron chi connectivity index (χ3n) is 10.9. The summed E-state index contributed by atoms with van der Waals surface area (Å²) in [6.45, 7) is 1.66. The van der Waals surface area contributed by atoms with Crippen molar-refractivity contribution >= 4 is 11.8 Å². The molecule has 0 spiro atoms. The normalized spacial score (nSPS) is 18.2. The number of likely N-dealkylation sites (tertiary alicyclic amines) is 1. The number of H-pyrrole nitrogens is 2. The van der Waals surface area contributed by atoms with Gasteiger partial charge < -0.3 is 24.5 Å². The molecule has 2 aliphatic heterocycles. The average molecular weight is 749 g/mol. The predicted molar refractivity (Wildman–Crippen MR) is 217 cm³/mol. The number of ether oxygens (including phenoxy) is 1. The second kappa shape index (κ2) is 16.1. The fraction of sp³-hybridized carbons (Fsp3) is 0.289. The summed E-state index contributed by atoms with van der Waals surface area (Å²) in [5.41, 5.74) is 7.91. The molecule has 8 rings (SSSR count). The highest BCUT2D eigenvalue weighted by Crippen LogP contribution is 2.36. The van der Waals surface area contributed by atoms with Crippen molar-refractivity contribution in [3.63, 3.8) is 0 Å². The van der Waals surface area contributed by atoms with Gasteiger partial charge in [0.25, 0.3) is 0 Å². The summed E-state index contributed by atoms with van der Waals surface area (Å²) in [6.07, 6.45) is 4.90. The molecule has 0 aliphatic carbocycles. The first-order chi connectivity index (χ1) is 27.3. The fourth-order valence-corrected chi connectivity index (χ4v) is 8.09. The van der Waals surface area contributed by atoms with E-state index < -0.39 is 12.3 Å². The van der Waals surface area contributed by atoms with E-state index >= 15 is 0 Å². The third kappa shape index (κ3) is 7.40. The molecule has 11 heteroatoms. The number of carbonyl (C=O) groups is 2. The molecule has 4 heterocycles.